The smallest absolute Gasteiger partial charge is 0.410 e. The van der Waals surface area contributed by atoms with Gasteiger partial charge in [0.2, 0.25) is 0 Å². The van der Waals surface area contributed by atoms with Crippen LogP contribution in [0.4, 0.5) is 9.59 Å². The molecule has 1 saturated carbocycles. The molecular formula is C20H30N4O3. The molecule has 3 rings (SSSR count). The number of aromatic nitrogens is 1. The molecular weight excluding hydrogens is 344 g/mol. The van der Waals surface area contributed by atoms with Crippen molar-refractivity contribution in [3.05, 3.63) is 30.1 Å². The zero-order valence-corrected chi connectivity index (χ0v) is 16.5. The molecule has 7 heteroatoms. The number of piperidine rings is 1. The van der Waals surface area contributed by atoms with Crippen molar-refractivity contribution < 1.29 is 14.3 Å². The van der Waals surface area contributed by atoms with Crippen LogP contribution in [0.5, 0.6) is 0 Å². The molecule has 2 fully saturated rings. The molecule has 1 N–H and O–H groups in total. The van der Waals surface area contributed by atoms with E-state index in [4.69, 9.17) is 4.74 Å². The number of pyridine rings is 1. The number of nitrogens with one attached hydrogen (secondary N) is 1. The molecule has 148 valence electrons. The number of amides is 3. The van der Waals surface area contributed by atoms with Gasteiger partial charge in [0.25, 0.3) is 0 Å². The minimum absolute atomic E-state index is 0.0288. The fourth-order valence-electron chi connectivity index (χ4n) is 3.21. The summed E-state index contributed by atoms with van der Waals surface area (Å²) >= 11 is 0. The van der Waals surface area contributed by atoms with Gasteiger partial charge in [0.1, 0.15) is 5.60 Å². The third-order valence-electron chi connectivity index (χ3n) is 4.78. The number of carbonyl (C=O) groups is 2. The van der Waals surface area contributed by atoms with Gasteiger partial charge in [-0.25, -0.2) is 9.59 Å². The van der Waals surface area contributed by atoms with Crippen molar-refractivity contribution in [2.75, 3.05) is 13.1 Å². The molecule has 0 atom stereocenters. The summed E-state index contributed by atoms with van der Waals surface area (Å²) in [5, 5.41) is 3.15. The van der Waals surface area contributed by atoms with Gasteiger partial charge in [-0.3, -0.25) is 4.98 Å². The predicted molar refractivity (Wildman–Crippen MR) is 102 cm³/mol. The van der Waals surface area contributed by atoms with Crippen LogP contribution in [0.15, 0.2) is 24.4 Å². The van der Waals surface area contributed by atoms with Crippen molar-refractivity contribution in [2.24, 2.45) is 0 Å². The topological polar surface area (TPSA) is 74.8 Å². The van der Waals surface area contributed by atoms with E-state index in [-0.39, 0.29) is 18.2 Å². The van der Waals surface area contributed by atoms with Crippen LogP contribution in [-0.2, 0) is 11.3 Å². The molecule has 1 aromatic rings. The van der Waals surface area contributed by atoms with E-state index in [0.29, 0.717) is 25.7 Å². The van der Waals surface area contributed by atoms with E-state index in [0.717, 1.165) is 31.4 Å². The van der Waals surface area contributed by atoms with Gasteiger partial charge in [-0.1, -0.05) is 6.07 Å². The Morgan fingerprint density at radius 3 is 2.48 bits per heavy atom. The van der Waals surface area contributed by atoms with Crippen LogP contribution in [0.25, 0.3) is 0 Å². The van der Waals surface area contributed by atoms with Crippen LogP contribution in [-0.4, -0.2) is 57.7 Å². The fraction of sp³-hybridized carbons (Fsp3) is 0.650. The molecule has 7 nitrogen and oxygen atoms in total. The lowest BCUT2D eigenvalue weighted by atomic mass is 10.1. The van der Waals surface area contributed by atoms with E-state index in [9.17, 15) is 9.59 Å². The zero-order chi connectivity index (χ0) is 19.4. The molecule has 2 aliphatic rings. The molecule has 1 aromatic heterocycles. The molecule has 27 heavy (non-hydrogen) atoms. The normalized spacial score (nSPS) is 18.1. The van der Waals surface area contributed by atoms with E-state index in [1.54, 1.807) is 11.1 Å². The quantitative estimate of drug-likeness (QED) is 0.878. The first-order chi connectivity index (χ1) is 12.8. The highest BCUT2D eigenvalue weighted by molar-refractivity contribution is 5.75. The monoisotopic (exact) mass is 374 g/mol. The van der Waals surface area contributed by atoms with E-state index < -0.39 is 5.60 Å². The standard InChI is InChI=1S/C20H30N4O3/c1-20(2,3)27-19(26)23-12-9-15(10-13-23)22-18(25)24(17-7-8-17)14-16-6-4-5-11-21-16/h4-6,11,15,17H,7-10,12-14H2,1-3H3,(H,22,25). The average molecular weight is 374 g/mol. The number of likely N-dealkylation sites (tertiary alicyclic amines) is 1. The highest BCUT2D eigenvalue weighted by atomic mass is 16.6. The first-order valence-electron chi connectivity index (χ1n) is 9.77. The van der Waals surface area contributed by atoms with Gasteiger partial charge in [-0.15, -0.1) is 0 Å². The van der Waals surface area contributed by atoms with Crippen molar-refractivity contribution in [3.63, 3.8) is 0 Å². The summed E-state index contributed by atoms with van der Waals surface area (Å²) in [7, 11) is 0. The van der Waals surface area contributed by atoms with Crippen molar-refractivity contribution in [2.45, 2.75) is 70.7 Å². The summed E-state index contributed by atoms with van der Waals surface area (Å²) in [5.41, 5.74) is 0.414. The second kappa shape index (κ2) is 8.15. The second-order valence-electron chi connectivity index (χ2n) is 8.37. The van der Waals surface area contributed by atoms with Crippen LogP contribution in [0.2, 0.25) is 0 Å². The minimum Gasteiger partial charge on any atom is -0.444 e. The largest absolute Gasteiger partial charge is 0.444 e. The lowest BCUT2D eigenvalue weighted by molar-refractivity contribution is 0.0200. The first-order valence-corrected chi connectivity index (χ1v) is 9.77. The predicted octanol–water partition coefficient (Wildman–Crippen LogP) is 3.16. The summed E-state index contributed by atoms with van der Waals surface area (Å²) in [6.07, 6.45) is 5.07. The summed E-state index contributed by atoms with van der Waals surface area (Å²) < 4.78 is 5.42. The van der Waals surface area contributed by atoms with Gasteiger partial charge in [0, 0.05) is 31.4 Å². The maximum Gasteiger partial charge on any atom is 0.410 e. The average Bonchev–Trinajstić information content (AvgIpc) is 3.44. The Balaban J connectivity index is 1.49. The van der Waals surface area contributed by atoms with Crippen LogP contribution in [0.3, 0.4) is 0 Å². The molecule has 3 amide bonds. The molecule has 1 aliphatic carbocycles. The third-order valence-corrected chi connectivity index (χ3v) is 4.78. The summed E-state index contributed by atoms with van der Waals surface area (Å²) in [6, 6.07) is 6.14. The van der Waals surface area contributed by atoms with Gasteiger partial charge in [-0.05, 0) is 58.6 Å². The van der Waals surface area contributed by atoms with Crippen molar-refractivity contribution in [1.82, 2.24) is 20.1 Å². The number of urea groups is 1. The molecule has 1 aliphatic heterocycles. The van der Waals surface area contributed by atoms with Crippen molar-refractivity contribution >= 4 is 12.1 Å². The summed E-state index contributed by atoms with van der Waals surface area (Å²) in [6.45, 7) is 7.34. The van der Waals surface area contributed by atoms with Crippen LogP contribution in [0.1, 0.15) is 52.1 Å². The Morgan fingerprint density at radius 1 is 1.22 bits per heavy atom. The van der Waals surface area contributed by atoms with Crippen LogP contribution >= 0.6 is 0 Å². The maximum atomic E-state index is 12.8. The molecule has 0 radical (unpaired) electrons. The van der Waals surface area contributed by atoms with Crippen LogP contribution < -0.4 is 5.32 Å². The third kappa shape index (κ3) is 5.84. The zero-order valence-electron chi connectivity index (χ0n) is 16.5. The van der Waals surface area contributed by atoms with Gasteiger partial charge < -0.3 is 19.9 Å². The number of hydrogen-bond acceptors (Lipinski definition) is 4. The number of carbonyl (C=O) groups excluding carboxylic acids is 2. The Morgan fingerprint density at radius 2 is 1.93 bits per heavy atom. The van der Waals surface area contributed by atoms with E-state index in [1.165, 1.54) is 0 Å². The van der Waals surface area contributed by atoms with E-state index in [1.807, 2.05) is 43.9 Å². The summed E-state index contributed by atoms with van der Waals surface area (Å²) in [5.74, 6) is 0. The van der Waals surface area contributed by atoms with E-state index >= 15 is 0 Å². The van der Waals surface area contributed by atoms with Gasteiger partial charge in [0.05, 0.1) is 12.2 Å². The molecule has 0 spiro atoms. The van der Waals surface area contributed by atoms with Gasteiger partial charge in [-0.2, -0.15) is 0 Å². The number of rotatable bonds is 4. The van der Waals surface area contributed by atoms with Crippen molar-refractivity contribution in [3.8, 4) is 0 Å². The number of hydrogen-bond donors (Lipinski definition) is 1. The summed E-state index contributed by atoms with van der Waals surface area (Å²) in [4.78, 5) is 32.9. The Hall–Kier alpha value is -2.31. The van der Waals surface area contributed by atoms with Crippen molar-refractivity contribution in [1.29, 1.82) is 0 Å². The molecule has 0 aromatic carbocycles. The molecule has 2 heterocycles. The Labute approximate surface area is 161 Å². The molecule has 1 saturated heterocycles. The van der Waals surface area contributed by atoms with Crippen LogP contribution in [0, 0.1) is 0 Å². The minimum atomic E-state index is -0.488. The fourth-order valence-corrected chi connectivity index (χ4v) is 3.21. The lowest BCUT2D eigenvalue weighted by Crippen LogP contribution is -2.51. The number of ether oxygens (including phenoxy) is 1. The Bertz CT molecular complexity index is 647. The van der Waals surface area contributed by atoms with Gasteiger partial charge in [0.15, 0.2) is 0 Å². The highest BCUT2D eigenvalue weighted by Crippen LogP contribution is 2.28. The second-order valence-corrected chi connectivity index (χ2v) is 8.37. The molecule has 0 unspecified atom stereocenters. The Kier molecular flexibility index (Phi) is 5.87. The first kappa shape index (κ1) is 19.5. The number of nitrogens with zero attached hydrogens (tertiary/aromatic N) is 3. The van der Waals surface area contributed by atoms with E-state index in [2.05, 4.69) is 10.3 Å². The highest BCUT2D eigenvalue weighted by Gasteiger charge is 2.34. The maximum absolute atomic E-state index is 12.8. The van der Waals surface area contributed by atoms with Gasteiger partial charge >= 0.3 is 12.1 Å². The SMILES string of the molecule is CC(C)(C)OC(=O)N1CCC(NC(=O)N(Cc2ccccn2)C2CC2)CC1. The lowest BCUT2D eigenvalue weighted by Gasteiger charge is -2.34. The molecule has 0 bridgehead atoms.